The molecule has 0 saturated carbocycles. The van der Waals surface area contributed by atoms with E-state index in [9.17, 15) is 9.59 Å². The molecule has 2 N–H and O–H groups in total. The molecule has 1 aromatic heterocycles. The Morgan fingerprint density at radius 2 is 2.40 bits per heavy atom. The van der Waals surface area contributed by atoms with Gasteiger partial charge in [-0.3, -0.25) is 14.9 Å². The number of anilines is 1. The molecule has 1 aromatic rings. The number of hydrogen-bond donors (Lipinski definition) is 2. The van der Waals surface area contributed by atoms with Gasteiger partial charge >= 0.3 is 0 Å². The van der Waals surface area contributed by atoms with Crippen LogP contribution in [0.4, 0.5) is 5.95 Å². The largest absolute Gasteiger partial charge is 0.355 e. The maximum absolute atomic E-state index is 11.5. The zero-order chi connectivity index (χ0) is 10.7. The lowest BCUT2D eigenvalue weighted by atomic mass is 10.1. The molecule has 7 nitrogen and oxygen atoms in total. The first-order valence-corrected chi connectivity index (χ1v) is 4.47. The van der Waals surface area contributed by atoms with E-state index in [0.717, 1.165) is 0 Å². The van der Waals surface area contributed by atoms with Crippen LogP contribution in [-0.4, -0.2) is 33.5 Å². The quantitative estimate of drug-likeness (QED) is 0.644. The van der Waals surface area contributed by atoms with Crippen molar-refractivity contribution < 1.29 is 9.59 Å². The van der Waals surface area contributed by atoms with Crippen LogP contribution >= 0.6 is 0 Å². The van der Waals surface area contributed by atoms with Gasteiger partial charge in [0.15, 0.2) is 0 Å². The van der Waals surface area contributed by atoms with Crippen LogP contribution < -0.4 is 10.6 Å². The Labute approximate surface area is 85.3 Å². The van der Waals surface area contributed by atoms with Crippen LogP contribution in [0.15, 0.2) is 12.4 Å². The summed E-state index contributed by atoms with van der Waals surface area (Å²) in [4.78, 5) is 26.2. The van der Waals surface area contributed by atoms with Crippen molar-refractivity contribution in [2.45, 2.75) is 6.42 Å². The minimum Gasteiger partial charge on any atom is -0.355 e. The van der Waals surface area contributed by atoms with Gasteiger partial charge in [0.1, 0.15) is 0 Å². The zero-order valence-electron chi connectivity index (χ0n) is 7.80. The fourth-order valence-electron chi connectivity index (χ4n) is 1.31. The third kappa shape index (κ3) is 2.25. The number of carbonyl (C=O) groups is 2. The molecule has 2 rings (SSSR count). The van der Waals surface area contributed by atoms with E-state index in [4.69, 9.17) is 0 Å². The van der Waals surface area contributed by atoms with Crippen molar-refractivity contribution in [2.75, 3.05) is 11.9 Å². The van der Waals surface area contributed by atoms with Crippen LogP contribution in [0.1, 0.15) is 6.42 Å². The zero-order valence-corrected chi connectivity index (χ0v) is 7.80. The molecule has 0 spiro atoms. The van der Waals surface area contributed by atoms with Crippen molar-refractivity contribution in [1.29, 1.82) is 0 Å². The minimum atomic E-state index is -0.346. The highest BCUT2D eigenvalue weighted by atomic mass is 16.2. The molecule has 1 atom stereocenters. The van der Waals surface area contributed by atoms with Crippen LogP contribution in [0.3, 0.4) is 0 Å². The molecule has 0 aromatic carbocycles. The van der Waals surface area contributed by atoms with Gasteiger partial charge in [0.05, 0.1) is 18.3 Å². The molecule has 0 bridgehead atoms. The second-order valence-corrected chi connectivity index (χ2v) is 3.16. The molecule has 1 unspecified atom stereocenters. The van der Waals surface area contributed by atoms with Crippen molar-refractivity contribution >= 4 is 17.8 Å². The summed E-state index contributed by atoms with van der Waals surface area (Å²) in [5.41, 5.74) is 0. The van der Waals surface area contributed by atoms with E-state index in [1.807, 2.05) is 0 Å². The Balaban J connectivity index is 1.96. The van der Waals surface area contributed by atoms with Gasteiger partial charge in [0.25, 0.3) is 0 Å². The maximum Gasteiger partial charge on any atom is 0.249 e. The number of carbonyl (C=O) groups excluding carboxylic acids is 2. The summed E-state index contributed by atoms with van der Waals surface area (Å²) in [7, 11) is 0. The smallest absolute Gasteiger partial charge is 0.249 e. The number of aromatic nitrogens is 3. The first kappa shape index (κ1) is 9.50. The topological polar surface area (TPSA) is 96.9 Å². The predicted octanol–water partition coefficient (Wildman–Crippen LogP) is -1.05. The van der Waals surface area contributed by atoms with Gasteiger partial charge in [-0.1, -0.05) is 0 Å². The van der Waals surface area contributed by atoms with Crippen molar-refractivity contribution in [2.24, 2.45) is 5.92 Å². The summed E-state index contributed by atoms with van der Waals surface area (Å²) in [5, 5.41) is 12.2. The van der Waals surface area contributed by atoms with Crippen LogP contribution in [-0.2, 0) is 9.59 Å². The summed E-state index contributed by atoms with van der Waals surface area (Å²) < 4.78 is 0. The third-order valence-corrected chi connectivity index (χ3v) is 2.07. The lowest BCUT2D eigenvalue weighted by molar-refractivity contribution is -0.123. The fourth-order valence-corrected chi connectivity index (χ4v) is 1.31. The fraction of sp³-hybridized carbons (Fsp3) is 0.375. The average molecular weight is 207 g/mol. The van der Waals surface area contributed by atoms with E-state index in [1.54, 1.807) is 0 Å². The molecule has 1 fully saturated rings. The second-order valence-electron chi connectivity index (χ2n) is 3.16. The number of amides is 2. The Hall–Kier alpha value is -2.05. The lowest BCUT2D eigenvalue weighted by Gasteiger charge is -2.06. The molecule has 7 heteroatoms. The molecule has 1 saturated heterocycles. The predicted molar refractivity (Wildman–Crippen MR) is 49.6 cm³/mol. The van der Waals surface area contributed by atoms with Gasteiger partial charge in [-0.2, -0.15) is 5.10 Å². The number of hydrogen-bond acceptors (Lipinski definition) is 5. The second kappa shape index (κ2) is 3.99. The van der Waals surface area contributed by atoms with Gasteiger partial charge in [-0.15, -0.1) is 5.10 Å². The Morgan fingerprint density at radius 3 is 3.00 bits per heavy atom. The first-order chi connectivity index (χ1) is 7.25. The van der Waals surface area contributed by atoms with Crippen molar-refractivity contribution in [1.82, 2.24) is 20.5 Å². The molecule has 0 radical (unpaired) electrons. The van der Waals surface area contributed by atoms with Gasteiger partial charge < -0.3 is 5.32 Å². The van der Waals surface area contributed by atoms with E-state index >= 15 is 0 Å². The van der Waals surface area contributed by atoms with Crippen LogP contribution in [0.5, 0.6) is 0 Å². The Kier molecular flexibility index (Phi) is 2.53. The molecule has 2 amide bonds. The highest BCUT2D eigenvalue weighted by Crippen LogP contribution is 2.10. The number of nitrogens with zero attached hydrogens (tertiary/aromatic N) is 3. The highest BCUT2D eigenvalue weighted by Gasteiger charge is 2.28. The van der Waals surface area contributed by atoms with Gasteiger partial charge in [-0.25, -0.2) is 4.98 Å². The minimum absolute atomic E-state index is 0.109. The molecule has 78 valence electrons. The normalized spacial score (nSPS) is 19.7. The monoisotopic (exact) mass is 207 g/mol. The van der Waals surface area contributed by atoms with Crippen LogP contribution in [0.25, 0.3) is 0 Å². The summed E-state index contributed by atoms with van der Waals surface area (Å²) in [6, 6.07) is 0. The molecule has 0 aliphatic carbocycles. The van der Waals surface area contributed by atoms with Crippen molar-refractivity contribution in [3.8, 4) is 0 Å². The summed E-state index contributed by atoms with van der Waals surface area (Å²) in [6.45, 7) is 0.366. The highest BCUT2D eigenvalue weighted by molar-refractivity contribution is 5.96. The van der Waals surface area contributed by atoms with Gasteiger partial charge in [0, 0.05) is 13.0 Å². The van der Waals surface area contributed by atoms with E-state index in [-0.39, 0.29) is 30.1 Å². The Morgan fingerprint density at radius 1 is 1.53 bits per heavy atom. The summed E-state index contributed by atoms with van der Waals surface area (Å²) >= 11 is 0. The van der Waals surface area contributed by atoms with Crippen molar-refractivity contribution in [3.63, 3.8) is 0 Å². The maximum atomic E-state index is 11.5. The van der Waals surface area contributed by atoms with Crippen molar-refractivity contribution in [3.05, 3.63) is 12.4 Å². The number of nitrogens with one attached hydrogen (secondary N) is 2. The average Bonchev–Trinajstić information content (AvgIpc) is 2.66. The van der Waals surface area contributed by atoms with E-state index in [1.165, 1.54) is 12.4 Å². The van der Waals surface area contributed by atoms with E-state index in [0.29, 0.717) is 6.54 Å². The van der Waals surface area contributed by atoms with Gasteiger partial charge in [0.2, 0.25) is 17.8 Å². The molecule has 1 aliphatic rings. The Bertz CT molecular complexity index is 380. The lowest BCUT2D eigenvalue weighted by Crippen LogP contribution is -2.25. The SMILES string of the molecule is O=C1CC(C(=O)Nc2nccnn2)CN1. The molecule has 15 heavy (non-hydrogen) atoms. The first-order valence-electron chi connectivity index (χ1n) is 4.47. The number of rotatable bonds is 2. The van der Waals surface area contributed by atoms with Gasteiger partial charge in [-0.05, 0) is 0 Å². The summed E-state index contributed by atoms with van der Waals surface area (Å²) in [6.07, 6.45) is 3.06. The molecular weight excluding hydrogens is 198 g/mol. The van der Waals surface area contributed by atoms with E-state index in [2.05, 4.69) is 25.8 Å². The third-order valence-electron chi connectivity index (χ3n) is 2.07. The van der Waals surface area contributed by atoms with Crippen LogP contribution in [0.2, 0.25) is 0 Å². The van der Waals surface area contributed by atoms with E-state index < -0.39 is 0 Å². The van der Waals surface area contributed by atoms with Crippen LogP contribution in [0, 0.1) is 5.92 Å². The molecule has 2 heterocycles. The molecule has 1 aliphatic heterocycles. The summed E-state index contributed by atoms with van der Waals surface area (Å²) in [5.74, 6) is -0.563. The molecular formula is C8H9N5O2. The standard InChI is InChI=1S/C8H9N5O2/c14-6-3-5(4-10-6)7(15)12-8-9-1-2-11-13-8/h1-2,5H,3-4H2,(H,10,14)(H,9,12,13,15).